The maximum Gasteiger partial charge on any atom is 0.460 e. The molecule has 0 saturated heterocycles. The molecule has 0 aromatic heterocycles. The highest BCUT2D eigenvalue weighted by atomic mass is 19.5. The van der Waals surface area contributed by atoms with Crippen molar-refractivity contribution in [3.8, 4) is 0 Å². The minimum Gasteiger partial charge on any atom is -0.458 e. The summed E-state index contributed by atoms with van der Waals surface area (Å²) < 4.78 is 615. The molecule has 0 aliphatic rings. The Labute approximate surface area is 697 Å². The van der Waals surface area contributed by atoms with E-state index in [4.69, 9.17) is 0 Å². The molecule has 0 amide bonds. The predicted molar refractivity (Wildman–Crippen MR) is 334 cm³/mol. The molecule has 0 spiro atoms. The third-order valence-electron chi connectivity index (χ3n) is 13.4. The molecule has 5 unspecified atom stereocenters. The molecule has 0 radical (unpaired) electrons. The van der Waals surface area contributed by atoms with E-state index in [1.807, 2.05) is 0 Å². The first kappa shape index (κ1) is 129. The summed E-state index contributed by atoms with van der Waals surface area (Å²) in [6, 6.07) is 0. The second-order valence-electron chi connectivity index (χ2n) is 26.4. The Hall–Kier alpha value is -9.75. The van der Waals surface area contributed by atoms with Crippen molar-refractivity contribution in [3.63, 3.8) is 0 Å². The largest absolute Gasteiger partial charge is 0.460 e. The topological polar surface area (TPSA) is 263 Å². The molecule has 130 heavy (non-hydrogen) atoms. The summed E-state index contributed by atoms with van der Waals surface area (Å²) in [7, 11) is 0. The van der Waals surface area contributed by atoms with Crippen LogP contribution >= 0.6 is 0 Å². The highest BCUT2D eigenvalue weighted by Crippen LogP contribution is 2.61. The van der Waals surface area contributed by atoms with Crippen molar-refractivity contribution in [2.45, 2.75) is 252 Å². The average Bonchev–Trinajstić information content (AvgIpc) is 0.707. The van der Waals surface area contributed by atoms with Crippen molar-refractivity contribution in [1.29, 1.82) is 0 Å². The molecule has 0 fully saturated rings. The highest BCUT2D eigenvalue weighted by molar-refractivity contribution is 5.89. The lowest BCUT2D eigenvalue weighted by Crippen LogP contribution is -2.70. The van der Waals surface area contributed by atoms with Gasteiger partial charge < -0.3 is 47.4 Å². The summed E-state index contributed by atoms with van der Waals surface area (Å²) >= 11 is 0. The van der Waals surface area contributed by atoms with Gasteiger partial charge >= 0.3 is 179 Å². The van der Waals surface area contributed by atoms with E-state index in [0.717, 1.165) is 27.7 Å². The van der Waals surface area contributed by atoms with Gasteiger partial charge in [0, 0.05) is 62.5 Å². The molecular formula is C65H65F45O20. The first-order chi connectivity index (χ1) is 56.6. The molecule has 0 bridgehead atoms. The maximum absolute atomic E-state index is 13.9. The standard InChI is InChI=1S/C15H13F13O4.C14H13F11O4.C13H13F9O4.C12H13F7O4.C11H13F5O4/c1-6(2)8(29)31-5-7(32-9(30)10(3,16)17)4-11(18,19)13(21,22)12(20,14(23,24)25)15(26,27)28;1-6(2)8(26)28-5-7(29-9(27)10(3,15)16)4-11(17,18)12(19,20)13(21,22)14(23,24)25;1-6(2)8(23)25-5-7(26-9(24)10(3,14)15)4-11(16,17)12(18,19)13(20,21)22;1-6(2)8(20)22-5-7(23-9(21)10(3,13)14)4-11(15,16)12(17,18)19;1-6(2)8(17)19-5-7(4-11(14,15)16)20-9(18)10(3,12)13/h7H,1,4-5H2,2-3H3;7H,1,4-5H2,2-3H3;7H,1,4-5H2,2-3H3;7H,1,4-5H2,2-3H3;7H,1,4-5H2,2-3H3. The first-order valence-corrected chi connectivity index (χ1v) is 32.8. The Morgan fingerprint density at radius 3 is 0.523 bits per heavy atom. The number of halogens is 45. The zero-order chi connectivity index (χ0) is 106. The van der Waals surface area contributed by atoms with Gasteiger partial charge in [-0.2, -0.15) is 193 Å². The molecule has 0 aromatic carbocycles. The molecule has 0 saturated carbocycles. The molecule has 0 rings (SSSR count). The Kier molecular flexibility index (Phi) is 45.6. The maximum atomic E-state index is 13.9. The number of carbonyl (C=O) groups excluding carboxylic acids is 10. The van der Waals surface area contributed by atoms with Crippen molar-refractivity contribution in [1.82, 2.24) is 0 Å². The third kappa shape index (κ3) is 40.5. The number of esters is 10. The fourth-order valence-electron chi connectivity index (χ4n) is 6.69. The van der Waals surface area contributed by atoms with Gasteiger partial charge in [0.25, 0.3) is 0 Å². The van der Waals surface area contributed by atoms with Crippen LogP contribution in [0.25, 0.3) is 0 Å². The minimum atomic E-state index is -7.80. The van der Waals surface area contributed by atoms with Gasteiger partial charge in [0.05, 0.1) is 32.1 Å². The van der Waals surface area contributed by atoms with Crippen molar-refractivity contribution < 1.29 is 293 Å². The molecule has 0 aliphatic heterocycles. The number of alkyl halides is 45. The molecule has 0 aliphatic carbocycles. The molecule has 20 nitrogen and oxygen atoms in total. The number of rotatable bonds is 39. The van der Waals surface area contributed by atoms with Crippen LogP contribution in [0.1, 0.15) is 101 Å². The molecule has 0 heterocycles. The lowest BCUT2D eigenvalue weighted by molar-refractivity contribution is -0.428. The summed E-state index contributed by atoms with van der Waals surface area (Å²) in [5, 5.41) is 0. The van der Waals surface area contributed by atoms with Gasteiger partial charge in [0.1, 0.15) is 63.6 Å². The van der Waals surface area contributed by atoms with Crippen LogP contribution in [0.15, 0.2) is 60.8 Å². The predicted octanol–water partition coefficient (Wildman–Crippen LogP) is 19.5. The second kappa shape index (κ2) is 46.1. The normalized spacial score (nSPS) is 14.6. The quantitative estimate of drug-likeness (QED) is 0.0240. The number of ether oxygens (including phenoxy) is 10. The van der Waals surface area contributed by atoms with Crippen LogP contribution in [0.3, 0.4) is 0 Å². The van der Waals surface area contributed by atoms with Gasteiger partial charge in [-0.1, -0.05) is 32.9 Å². The third-order valence-corrected chi connectivity index (χ3v) is 13.4. The monoisotopic (exact) mass is 2020 g/mol. The Morgan fingerprint density at radius 2 is 0.377 bits per heavy atom. The SMILES string of the molecule is C=C(C)C(=O)OCC(CC(F)(F)C(F)(F)C(F)(C(F)(F)F)C(F)(F)F)OC(=O)C(C)(F)F.C=C(C)C(=O)OCC(CC(F)(F)C(F)(F)C(F)(F)C(F)(F)F)OC(=O)C(C)(F)F.C=C(C)C(=O)OCC(CC(F)(F)C(F)(F)C(F)(F)F)OC(=O)C(C)(F)F.C=C(C)C(=O)OCC(CC(F)(F)C(F)(F)F)OC(=O)C(C)(F)F.C=C(C)C(=O)OCC(CC(F)(F)F)OC(=O)C(C)(F)F. The van der Waals surface area contributed by atoms with Crippen molar-refractivity contribution in [3.05, 3.63) is 60.8 Å². The lowest BCUT2D eigenvalue weighted by Gasteiger charge is -2.40. The van der Waals surface area contributed by atoms with Crippen LogP contribution in [0.2, 0.25) is 0 Å². The number of hydrogen-bond donors (Lipinski definition) is 0. The smallest absolute Gasteiger partial charge is 0.458 e. The lowest BCUT2D eigenvalue weighted by atomic mass is 9.88. The Bertz CT molecular complexity index is 3860. The molecule has 760 valence electrons. The van der Waals surface area contributed by atoms with Gasteiger partial charge in [-0.25, -0.2) is 52.3 Å². The first-order valence-electron chi connectivity index (χ1n) is 32.8. The van der Waals surface area contributed by atoms with Gasteiger partial charge in [0.2, 0.25) is 0 Å². The summed E-state index contributed by atoms with van der Waals surface area (Å²) in [4.78, 5) is 111. The van der Waals surface area contributed by atoms with Crippen LogP contribution in [0, 0.1) is 0 Å². The fraction of sp³-hybridized carbons (Fsp3) is 0.692. The molecule has 0 aromatic rings. The highest BCUT2D eigenvalue weighted by Gasteiger charge is 2.90. The summed E-state index contributed by atoms with van der Waals surface area (Å²) in [6.45, 7) is 13.4. The van der Waals surface area contributed by atoms with E-state index in [1.165, 1.54) is 6.92 Å². The number of hydrogen-bond acceptors (Lipinski definition) is 20. The molecule has 5 atom stereocenters. The summed E-state index contributed by atoms with van der Waals surface area (Å²) in [6.07, 6.45) is -65.3. The minimum absolute atomic E-state index is 0.0330. The molecule has 0 N–H and O–H groups in total. The second-order valence-corrected chi connectivity index (χ2v) is 26.4. The average molecular weight is 2020 g/mol. The van der Waals surface area contributed by atoms with Crippen LogP contribution in [0.4, 0.5) is 198 Å². The van der Waals surface area contributed by atoms with E-state index >= 15 is 0 Å². The van der Waals surface area contributed by atoms with Gasteiger partial charge in [0.15, 0.2) is 0 Å². The zero-order valence-electron chi connectivity index (χ0n) is 66.2. The van der Waals surface area contributed by atoms with E-state index in [9.17, 15) is 246 Å². The summed E-state index contributed by atoms with van der Waals surface area (Å²) in [5.41, 5.74) is -9.38. The van der Waals surface area contributed by atoms with Crippen LogP contribution in [-0.4, -0.2) is 243 Å². The van der Waals surface area contributed by atoms with E-state index in [0.29, 0.717) is 0 Å². The van der Waals surface area contributed by atoms with Crippen LogP contribution < -0.4 is 0 Å². The Morgan fingerprint density at radius 1 is 0.215 bits per heavy atom. The molecule has 65 heteroatoms. The van der Waals surface area contributed by atoms with Crippen molar-refractivity contribution >= 4 is 59.7 Å². The van der Waals surface area contributed by atoms with E-state index < -0.39 is 286 Å². The Balaban J connectivity index is -0.000000505. The van der Waals surface area contributed by atoms with E-state index in [-0.39, 0.29) is 51.3 Å². The van der Waals surface area contributed by atoms with E-state index in [1.54, 1.807) is 0 Å². The number of carbonyl (C=O) groups is 10. The van der Waals surface area contributed by atoms with Crippen molar-refractivity contribution in [2.75, 3.05) is 33.0 Å². The fourth-order valence-corrected chi connectivity index (χ4v) is 6.69. The zero-order valence-corrected chi connectivity index (χ0v) is 66.2. The van der Waals surface area contributed by atoms with Crippen LogP contribution in [0.5, 0.6) is 0 Å². The summed E-state index contributed by atoms with van der Waals surface area (Å²) in [5.74, 6) is -92.5. The van der Waals surface area contributed by atoms with Crippen molar-refractivity contribution in [2.24, 2.45) is 0 Å². The van der Waals surface area contributed by atoms with Crippen LogP contribution in [-0.2, 0) is 95.3 Å². The van der Waals surface area contributed by atoms with Gasteiger partial charge in [-0.15, -0.1) is 0 Å². The van der Waals surface area contributed by atoms with Gasteiger partial charge in [-0.3, -0.25) is 0 Å². The van der Waals surface area contributed by atoms with E-state index in [2.05, 4.69) is 80.3 Å². The molecular weight excluding hydrogens is 1960 g/mol. The van der Waals surface area contributed by atoms with Gasteiger partial charge in [-0.05, 0) is 34.6 Å².